The first-order valence-corrected chi connectivity index (χ1v) is 14.1. The Morgan fingerprint density at radius 1 is 1.00 bits per heavy atom. The molecule has 0 aliphatic heterocycles. The summed E-state index contributed by atoms with van der Waals surface area (Å²) in [5, 5.41) is 11.1. The Bertz CT molecular complexity index is 1660. The van der Waals surface area contributed by atoms with Gasteiger partial charge in [-0.2, -0.15) is 5.10 Å². The van der Waals surface area contributed by atoms with Crippen molar-refractivity contribution in [2.75, 3.05) is 12.4 Å². The lowest BCUT2D eigenvalue weighted by molar-refractivity contribution is 0.0955. The molecule has 0 fully saturated rings. The van der Waals surface area contributed by atoms with Crippen LogP contribution in [0.15, 0.2) is 101 Å². The minimum absolute atomic E-state index is 0.350. The second kappa shape index (κ2) is 13.3. The molecule has 0 atom stereocenters. The lowest BCUT2D eigenvalue weighted by atomic mass is 10.1. The van der Waals surface area contributed by atoms with Crippen molar-refractivity contribution >= 4 is 57.5 Å². The van der Waals surface area contributed by atoms with Gasteiger partial charge in [0.15, 0.2) is 16.6 Å². The first-order valence-electron chi connectivity index (χ1n) is 12.4. The minimum atomic E-state index is -0.350. The van der Waals surface area contributed by atoms with E-state index in [1.54, 1.807) is 24.3 Å². The van der Waals surface area contributed by atoms with Gasteiger partial charge in [0.1, 0.15) is 6.61 Å². The highest BCUT2D eigenvalue weighted by Crippen LogP contribution is 2.36. The van der Waals surface area contributed by atoms with Gasteiger partial charge in [-0.05, 0) is 59.7 Å². The molecule has 41 heavy (non-hydrogen) atoms. The van der Waals surface area contributed by atoms with Crippen LogP contribution in [0.25, 0.3) is 11.3 Å². The number of carbonyl (C=O) groups is 1. The van der Waals surface area contributed by atoms with E-state index in [2.05, 4.69) is 20.8 Å². The summed E-state index contributed by atoms with van der Waals surface area (Å²) >= 11 is 13.9. The number of ether oxygens (including phenoxy) is 2. The van der Waals surface area contributed by atoms with E-state index in [-0.39, 0.29) is 5.91 Å². The van der Waals surface area contributed by atoms with Gasteiger partial charge in [0.05, 0.1) is 24.0 Å². The van der Waals surface area contributed by atoms with Crippen LogP contribution in [-0.4, -0.2) is 24.2 Å². The molecule has 0 saturated carbocycles. The van der Waals surface area contributed by atoms with Crippen molar-refractivity contribution in [1.82, 2.24) is 10.4 Å². The third-order valence-corrected chi connectivity index (χ3v) is 7.19. The lowest BCUT2D eigenvalue weighted by Gasteiger charge is -2.13. The summed E-state index contributed by atoms with van der Waals surface area (Å²) in [4.78, 5) is 17.3. The molecule has 0 bridgehead atoms. The molecule has 4 aromatic carbocycles. The predicted octanol–water partition coefficient (Wildman–Crippen LogP) is 8.21. The van der Waals surface area contributed by atoms with Crippen LogP contribution in [0.4, 0.5) is 10.8 Å². The number of hydrogen-bond donors (Lipinski definition) is 2. The van der Waals surface area contributed by atoms with Crippen molar-refractivity contribution < 1.29 is 14.3 Å². The number of aromatic nitrogens is 1. The average molecular weight is 604 g/mol. The largest absolute Gasteiger partial charge is 0.493 e. The number of methoxy groups -OCH3 is 1. The molecule has 0 aliphatic rings. The fraction of sp³-hybridized carbons (Fsp3) is 0.0645. The summed E-state index contributed by atoms with van der Waals surface area (Å²) in [5.41, 5.74) is 7.24. The quantitative estimate of drug-likeness (QED) is 0.124. The normalized spacial score (nSPS) is 10.9. The number of benzene rings is 4. The molecule has 1 aromatic heterocycles. The molecular formula is C31H24Cl2N4O3S. The van der Waals surface area contributed by atoms with E-state index in [4.69, 9.17) is 32.7 Å². The van der Waals surface area contributed by atoms with Crippen molar-refractivity contribution in [1.29, 1.82) is 0 Å². The summed E-state index contributed by atoms with van der Waals surface area (Å²) in [6, 6.07) is 27.8. The minimum Gasteiger partial charge on any atom is -0.493 e. The maximum atomic E-state index is 12.6. The topological polar surface area (TPSA) is 84.8 Å². The highest BCUT2D eigenvalue weighted by molar-refractivity contribution is 7.14. The first-order chi connectivity index (χ1) is 20.0. The molecule has 0 spiro atoms. The third kappa shape index (κ3) is 7.43. The van der Waals surface area contributed by atoms with E-state index in [0.717, 1.165) is 27.6 Å². The molecule has 5 aromatic rings. The van der Waals surface area contributed by atoms with E-state index in [0.29, 0.717) is 39.3 Å². The highest BCUT2D eigenvalue weighted by Gasteiger charge is 2.13. The van der Waals surface area contributed by atoms with Crippen molar-refractivity contribution in [2.45, 2.75) is 6.61 Å². The first kappa shape index (κ1) is 28.2. The zero-order valence-electron chi connectivity index (χ0n) is 21.8. The number of anilines is 2. The summed E-state index contributed by atoms with van der Waals surface area (Å²) in [5.74, 6) is 0.551. The van der Waals surface area contributed by atoms with E-state index >= 15 is 0 Å². The van der Waals surface area contributed by atoms with Gasteiger partial charge in [-0.15, -0.1) is 11.3 Å². The number of carbonyl (C=O) groups excluding carboxylic acids is 1. The van der Waals surface area contributed by atoms with Gasteiger partial charge in [-0.3, -0.25) is 4.79 Å². The molecule has 0 aliphatic carbocycles. The maximum Gasteiger partial charge on any atom is 0.271 e. The third-order valence-electron chi connectivity index (χ3n) is 5.90. The fourth-order valence-corrected chi connectivity index (χ4v) is 4.97. The molecule has 2 N–H and O–H groups in total. The zero-order chi connectivity index (χ0) is 28.6. The molecule has 10 heteroatoms. The number of nitrogens with zero attached hydrogens (tertiary/aromatic N) is 2. The number of halogens is 2. The Morgan fingerprint density at radius 3 is 2.49 bits per heavy atom. The zero-order valence-corrected chi connectivity index (χ0v) is 24.1. The number of hydrazone groups is 1. The number of rotatable bonds is 10. The van der Waals surface area contributed by atoms with E-state index in [1.165, 1.54) is 24.7 Å². The number of hydrogen-bond acceptors (Lipinski definition) is 7. The summed E-state index contributed by atoms with van der Waals surface area (Å²) in [6.45, 7) is 0.350. The highest BCUT2D eigenvalue weighted by atomic mass is 35.5. The molecular weight excluding hydrogens is 579 g/mol. The van der Waals surface area contributed by atoms with E-state index in [1.807, 2.05) is 72.1 Å². The van der Waals surface area contributed by atoms with Crippen LogP contribution in [0.3, 0.4) is 0 Å². The van der Waals surface area contributed by atoms with Crippen LogP contribution in [0.5, 0.6) is 11.5 Å². The lowest BCUT2D eigenvalue weighted by Crippen LogP contribution is -2.17. The van der Waals surface area contributed by atoms with Gasteiger partial charge >= 0.3 is 0 Å². The van der Waals surface area contributed by atoms with Crippen molar-refractivity contribution in [2.24, 2.45) is 5.10 Å². The van der Waals surface area contributed by atoms with Crippen LogP contribution in [0.1, 0.15) is 21.5 Å². The SMILES string of the molecule is COc1cc(/C=N\NC(=O)c2ccc(-c3csc(Nc4ccc(Cl)cc4)n3)cc2)cc(Cl)c1OCc1ccccc1. The second-order valence-electron chi connectivity index (χ2n) is 8.75. The Morgan fingerprint density at radius 2 is 1.76 bits per heavy atom. The van der Waals surface area contributed by atoms with Gasteiger partial charge in [0.25, 0.3) is 5.91 Å². The second-order valence-corrected chi connectivity index (χ2v) is 10.5. The Kier molecular flexibility index (Phi) is 9.15. The molecule has 1 amide bonds. The van der Waals surface area contributed by atoms with Gasteiger partial charge in [-0.25, -0.2) is 10.4 Å². The predicted molar refractivity (Wildman–Crippen MR) is 166 cm³/mol. The van der Waals surface area contributed by atoms with Crippen molar-refractivity contribution in [3.05, 3.63) is 123 Å². The van der Waals surface area contributed by atoms with Gasteiger partial charge < -0.3 is 14.8 Å². The number of nitrogens with one attached hydrogen (secondary N) is 2. The molecule has 0 radical (unpaired) electrons. The molecule has 0 unspecified atom stereocenters. The van der Waals surface area contributed by atoms with Gasteiger partial charge in [0.2, 0.25) is 0 Å². The van der Waals surface area contributed by atoms with Crippen molar-refractivity contribution in [3.8, 4) is 22.8 Å². The summed E-state index contributed by atoms with van der Waals surface area (Å²) in [7, 11) is 1.54. The molecule has 5 rings (SSSR count). The number of thiazole rings is 1. The van der Waals surface area contributed by atoms with Crippen LogP contribution < -0.4 is 20.2 Å². The Balaban J connectivity index is 1.18. The van der Waals surface area contributed by atoms with Crippen LogP contribution in [-0.2, 0) is 6.61 Å². The van der Waals surface area contributed by atoms with Crippen LogP contribution in [0.2, 0.25) is 10.0 Å². The maximum absolute atomic E-state index is 12.6. The van der Waals surface area contributed by atoms with Crippen LogP contribution >= 0.6 is 34.5 Å². The monoisotopic (exact) mass is 602 g/mol. The van der Waals surface area contributed by atoms with Gasteiger partial charge in [-0.1, -0.05) is 65.7 Å². The number of amides is 1. The van der Waals surface area contributed by atoms with Crippen molar-refractivity contribution in [3.63, 3.8) is 0 Å². The smallest absolute Gasteiger partial charge is 0.271 e. The molecule has 7 nitrogen and oxygen atoms in total. The van der Waals surface area contributed by atoms with Crippen LogP contribution in [0, 0.1) is 0 Å². The summed E-state index contributed by atoms with van der Waals surface area (Å²) < 4.78 is 11.4. The van der Waals surface area contributed by atoms with Gasteiger partial charge in [0, 0.05) is 27.2 Å². The molecule has 206 valence electrons. The standard InChI is InChI=1S/C31H24Cl2N4O3S/c1-39-28-16-21(15-26(33)29(28)40-18-20-5-3-2-4-6-20)17-34-37-30(38)23-9-7-22(8-10-23)27-19-41-31(36-27)35-25-13-11-24(32)12-14-25/h2-17,19H,18H2,1H3,(H,35,36)(H,37,38)/b34-17-. The van der Waals surface area contributed by atoms with E-state index in [9.17, 15) is 4.79 Å². The average Bonchev–Trinajstić information content (AvgIpc) is 3.46. The summed E-state index contributed by atoms with van der Waals surface area (Å²) in [6.07, 6.45) is 1.49. The van der Waals surface area contributed by atoms with E-state index < -0.39 is 0 Å². The Hall–Kier alpha value is -4.37. The fourth-order valence-electron chi connectivity index (χ4n) is 3.83. The molecule has 0 saturated heterocycles. The molecule has 1 heterocycles. The Labute approximate surface area is 251 Å².